The average Bonchev–Trinajstić information content (AvgIpc) is 2.74. The number of phenolic OH excluding ortho intramolecular Hbond substituents is 2. The molecule has 2 aromatic rings. The highest BCUT2D eigenvalue weighted by Crippen LogP contribution is 2.29. The lowest BCUT2D eigenvalue weighted by molar-refractivity contribution is 0.388. The second-order valence-corrected chi connectivity index (χ2v) is 7.61. The molecule has 1 saturated carbocycles. The molecule has 1 aliphatic rings. The molecular formula is C24H30N2O4. The summed E-state index contributed by atoms with van der Waals surface area (Å²) in [7, 11) is 3.14. The smallest absolute Gasteiger partial charge is 0.128 e. The van der Waals surface area contributed by atoms with Gasteiger partial charge in [0.05, 0.1) is 26.3 Å². The molecule has 0 saturated heterocycles. The summed E-state index contributed by atoms with van der Waals surface area (Å²) in [5.74, 6) is 1.54. The topological polar surface area (TPSA) is 83.6 Å². The predicted octanol–water partition coefficient (Wildman–Crippen LogP) is 4.74. The van der Waals surface area contributed by atoms with Crippen molar-refractivity contribution in [1.29, 1.82) is 0 Å². The molecule has 6 heteroatoms. The Kier molecular flexibility index (Phi) is 6.98. The Hall–Kier alpha value is -3.02. The first-order valence-corrected chi connectivity index (χ1v) is 10.3. The van der Waals surface area contributed by atoms with Gasteiger partial charge in [0.15, 0.2) is 0 Å². The SMILES string of the molecule is COc1ccc(C(C)=N[C@@H]2CCCC[C@H]2N=C(C)c2ccc(OC)cc2O)c(O)c1. The summed E-state index contributed by atoms with van der Waals surface area (Å²) in [4.78, 5) is 9.85. The van der Waals surface area contributed by atoms with Gasteiger partial charge in [0, 0.05) is 34.7 Å². The van der Waals surface area contributed by atoms with Crippen LogP contribution in [0.2, 0.25) is 0 Å². The van der Waals surface area contributed by atoms with Gasteiger partial charge < -0.3 is 19.7 Å². The van der Waals surface area contributed by atoms with E-state index in [9.17, 15) is 10.2 Å². The summed E-state index contributed by atoms with van der Waals surface area (Å²) < 4.78 is 10.3. The first-order chi connectivity index (χ1) is 14.4. The summed E-state index contributed by atoms with van der Waals surface area (Å²) >= 11 is 0. The lowest BCUT2D eigenvalue weighted by atomic mass is 9.90. The van der Waals surface area contributed by atoms with Gasteiger partial charge in [-0.25, -0.2) is 0 Å². The van der Waals surface area contributed by atoms with E-state index in [2.05, 4.69) is 0 Å². The predicted molar refractivity (Wildman–Crippen MR) is 120 cm³/mol. The van der Waals surface area contributed by atoms with Gasteiger partial charge in [-0.3, -0.25) is 9.98 Å². The molecular weight excluding hydrogens is 380 g/mol. The van der Waals surface area contributed by atoms with Crippen LogP contribution in [0, 0.1) is 0 Å². The van der Waals surface area contributed by atoms with Gasteiger partial charge in [-0.15, -0.1) is 0 Å². The first-order valence-electron chi connectivity index (χ1n) is 10.3. The molecule has 0 aromatic heterocycles. The number of hydrogen-bond acceptors (Lipinski definition) is 6. The van der Waals surface area contributed by atoms with Gasteiger partial charge in [-0.05, 0) is 51.0 Å². The second-order valence-electron chi connectivity index (χ2n) is 7.61. The minimum Gasteiger partial charge on any atom is -0.507 e. The van der Waals surface area contributed by atoms with Crippen molar-refractivity contribution in [1.82, 2.24) is 0 Å². The molecule has 0 unspecified atom stereocenters. The van der Waals surface area contributed by atoms with E-state index < -0.39 is 0 Å². The third-order valence-corrected chi connectivity index (χ3v) is 5.60. The number of benzene rings is 2. The normalized spacial score (nSPS) is 20.1. The van der Waals surface area contributed by atoms with Gasteiger partial charge in [0.2, 0.25) is 0 Å². The number of rotatable bonds is 6. The highest BCUT2D eigenvalue weighted by atomic mass is 16.5. The minimum atomic E-state index is 0.0376. The lowest BCUT2D eigenvalue weighted by Crippen LogP contribution is -2.29. The van der Waals surface area contributed by atoms with Gasteiger partial charge in [0.25, 0.3) is 0 Å². The van der Waals surface area contributed by atoms with E-state index in [1.165, 1.54) is 0 Å². The van der Waals surface area contributed by atoms with E-state index in [1.54, 1.807) is 26.4 Å². The van der Waals surface area contributed by atoms with Gasteiger partial charge in [-0.1, -0.05) is 12.8 Å². The van der Waals surface area contributed by atoms with Crippen LogP contribution in [0.5, 0.6) is 23.0 Å². The summed E-state index contributed by atoms with van der Waals surface area (Å²) in [5, 5.41) is 20.7. The Morgan fingerprint density at radius 1 is 0.767 bits per heavy atom. The lowest BCUT2D eigenvalue weighted by Gasteiger charge is -2.27. The molecule has 2 aromatic carbocycles. The molecule has 1 aliphatic carbocycles. The van der Waals surface area contributed by atoms with Crippen molar-refractivity contribution in [3.8, 4) is 23.0 Å². The van der Waals surface area contributed by atoms with Crippen molar-refractivity contribution in [2.45, 2.75) is 51.6 Å². The number of aromatic hydroxyl groups is 2. The van der Waals surface area contributed by atoms with Gasteiger partial charge in [-0.2, -0.15) is 0 Å². The molecule has 0 bridgehead atoms. The fourth-order valence-electron chi connectivity index (χ4n) is 3.92. The maximum absolute atomic E-state index is 10.3. The number of ether oxygens (including phenoxy) is 2. The standard InChI is InChI=1S/C24H30N2O4/c1-15(19-11-9-17(29-3)13-23(19)27)25-21-7-5-6-8-22(21)26-16(2)20-12-10-18(30-4)14-24(20)28/h9-14,21-22,27-28H,5-8H2,1-4H3/t21-,22-/m1/s1. The van der Waals surface area contributed by atoms with E-state index in [0.717, 1.165) is 37.1 Å². The van der Waals surface area contributed by atoms with Crippen molar-refractivity contribution in [2.24, 2.45) is 9.98 Å². The zero-order valence-electron chi connectivity index (χ0n) is 18.1. The zero-order chi connectivity index (χ0) is 21.7. The zero-order valence-corrected chi connectivity index (χ0v) is 18.1. The van der Waals surface area contributed by atoms with E-state index in [1.807, 2.05) is 38.1 Å². The third-order valence-electron chi connectivity index (χ3n) is 5.60. The molecule has 6 nitrogen and oxygen atoms in total. The molecule has 0 spiro atoms. The second kappa shape index (κ2) is 9.65. The van der Waals surface area contributed by atoms with E-state index in [-0.39, 0.29) is 23.6 Å². The minimum absolute atomic E-state index is 0.0376. The highest BCUT2D eigenvalue weighted by molar-refractivity contribution is 6.02. The summed E-state index contributed by atoms with van der Waals surface area (Å²) in [5.41, 5.74) is 2.97. The van der Waals surface area contributed by atoms with Crippen LogP contribution in [0.25, 0.3) is 0 Å². The molecule has 1 fully saturated rings. The van der Waals surface area contributed by atoms with Crippen LogP contribution in [0.1, 0.15) is 50.7 Å². The van der Waals surface area contributed by atoms with Crippen LogP contribution in [0.4, 0.5) is 0 Å². The Morgan fingerprint density at radius 2 is 1.17 bits per heavy atom. The maximum atomic E-state index is 10.3. The van der Waals surface area contributed by atoms with E-state index in [4.69, 9.17) is 19.5 Å². The van der Waals surface area contributed by atoms with Crippen LogP contribution in [-0.2, 0) is 0 Å². The molecule has 160 valence electrons. The Morgan fingerprint density at radius 3 is 1.50 bits per heavy atom. The summed E-state index contributed by atoms with van der Waals surface area (Å²) in [6.45, 7) is 3.83. The van der Waals surface area contributed by atoms with Crippen LogP contribution >= 0.6 is 0 Å². The highest BCUT2D eigenvalue weighted by Gasteiger charge is 2.25. The van der Waals surface area contributed by atoms with Gasteiger partial charge >= 0.3 is 0 Å². The summed E-state index contributed by atoms with van der Waals surface area (Å²) in [6, 6.07) is 10.6. The van der Waals surface area contributed by atoms with Crippen LogP contribution in [0.3, 0.4) is 0 Å². The molecule has 30 heavy (non-hydrogen) atoms. The number of phenols is 2. The van der Waals surface area contributed by atoms with Crippen LogP contribution < -0.4 is 9.47 Å². The molecule has 2 atom stereocenters. The molecule has 0 aliphatic heterocycles. The van der Waals surface area contributed by atoms with Crippen LogP contribution in [0.15, 0.2) is 46.4 Å². The third kappa shape index (κ3) is 4.93. The maximum Gasteiger partial charge on any atom is 0.128 e. The largest absolute Gasteiger partial charge is 0.507 e. The fourth-order valence-corrected chi connectivity index (χ4v) is 3.92. The van der Waals surface area contributed by atoms with Crippen molar-refractivity contribution in [3.05, 3.63) is 47.5 Å². The van der Waals surface area contributed by atoms with Crippen molar-refractivity contribution in [3.63, 3.8) is 0 Å². The van der Waals surface area contributed by atoms with E-state index in [0.29, 0.717) is 22.6 Å². The molecule has 0 heterocycles. The Bertz CT molecular complexity index is 875. The van der Waals surface area contributed by atoms with Crippen molar-refractivity contribution in [2.75, 3.05) is 14.2 Å². The number of nitrogens with zero attached hydrogens (tertiary/aromatic N) is 2. The molecule has 0 radical (unpaired) electrons. The average molecular weight is 411 g/mol. The number of methoxy groups -OCH3 is 2. The fraction of sp³-hybridized carbons (Fsp3) is 0.417. The molecule has 2 N–H and O–H groups in total. The monoisotopic (exact) mass is 410 g/mol. The van der Waals surface area contributed by atoms with Gasteiger partial charge in [0.1, 0.15) is 23.0 Å². The molecule has 0 amide bonds. The first kappa shape index (κ1) is 21.7. The Labute approximate surface area is 177 Å². The number of hydrogen-bond donors (Lipinski definition) is 2. The quantitative estimate of drug-likeness (QED) is 0.674. The summed E-state index contributed by atoms with van der Waals surface area (Å²) in [6.07, 6.45) is 4.11. The van der Waals surface area contributed by atoms with Crippen molar-refractivity contribution < 1.29 is 19.7 Å². The van der Waals surface area contributed by atoms with E-state index >= 15 is 0 Å². The van der Waals surface area contributed by atoms with Crippen molar-refractivity contribution >= 4 is 11.4 Å². The number of aliphatic imine (C=N–C) groups is 2. The molecule has 3 rings (SSSR count). The Balaban J connectivity index is 1.86. The van der Waals surface area contributed by atoms with Crippen LogP contribution in [-0.4, -0.2) is 47.9 Å².